The Morgan fingerprint density at radius 3 is 2.19 bits per heavy atom. The van der Waals surface area contributed by atoms with Crippen LogP contribution in [0.3, 0.4) is 0 Å². The van der Waals surface area contributed by atoms with Gasteiger partial charge in [-0.2, -0.15) is 0 Å². The molecule has 0 bridgehead atoms. The minimum absolute atomic E-state index is 0.00324. The zero-order valence-electron chi connectivity index (χ0n) is 19.5. The summed E-state index contributed by atoms with van der Waals surface area (Å²) in [6, 6.07) is 29.0. The highest BCUT2D eigenvalue weighted by Gasteiger charge is 2.32. The van der Waals surface area contributed by atoms with Gasteiger partial charge in [0, 0.05) is 20.4 Å². The molecule has 0 radical (unpaired) electrons. The number of para-hydroxylation sites is 2. The minimum atomic E-state index is -0.572. The van der Waals surface area contributed by atoms with Crippen molar-refractivity contribution < 1.29 is 14.0 Å². The van der Waals surface area contributed by atoms with Gasteiger partial charge < -0.3 is 5.32 Å². The first-order valence-corrected chi connectivity index (χ1v) is 13.3. The molecule has 0 aliphatic carbocycles. The van der Waals surface area contributed by atoms with Crippen molar-refractivity contribution in [2.24, 2.45) is 0 Å². The number of thioether (sulfide) groups is 1. The molecule has 1 N–H and O–H groups in total. The molecular weight excluding hydrogens is 491 g/mol. The zero-order chi connectivity index (χ0) is 25.1. The molecule has 0 saturated carbocycles. The second-order valence-corrected chi connectivity index (χ2v) is 10.5. The predicted octanol–water partition coefficient (Wildman–Crippen LogP) is 7.78. The van der Waals surface area contributed by atoms with E-state index in [1.54, 1.807) is 30.0 Å². The topological polar surface area (TPSA) is 49.4 Å². The molecule has 1 atom stereocenters. The molecule has 1 heterocycles. The van der Waals surface area contributed by atoms with E-state index in [2.05, 4.69) is 5.32 Å². The second-order valence-electron chi connectivity index (χ2n) is 8.19. The summed E-state index contributed by atoms with van der Waals surface area (Å²) < 4.78 is 14.0. The van der Waals surface area contributed by atoms with E-state index in [1.165, 1.54) is 23.9 Å². The summed E-state index contributed by atoms with van der Waals surface area (Å²) >= 11 is 3.12. The van der Waals surface area contributed by atoms with Gasteiger partial charge in [-0.05, 0) is 61.0 Å². The summed E-state index contributed by atoms with van der Waals surface area (Å²) in [5, 5.41) is 2.42. The molecule has 7 heteroatoms. The molecule has 1 aliphatic heterocycles. The lowest BCUT2D eigenvalue weighted by atomic mass is 10.2. The van der Waals surface area contributed by atoms with Crippen LogP contribution < -0.4 is 10.2 Å². The van der Waals surface area contributed by atoms with Gasteiger partial charge in [-0.1, -0.05) is 61.2 Å². The molecular formula is C29H23FN2O2S2. The maximum atomic E-state index is 14.0. The number of rotatable bonds is 6. The summed E-state index contributed by atoms with van der Waals surface area (Å²) in [6.07, 6.45) is 0.628. The van der Waals surface area contributed by atoms with Crippen LogP contribution in [0.25, 0.3) is 0 Å². The molecule has 2 amide bonds. The molecule has 1 unspecified atom stereocenters. The fraction of sp³-hybridized carbons (Fsp3) is 0.103. The molecule has 180 valence electrons. The molecule has 36 heavy (non-hydrogen) atoms. The van der Waals surface area contributed by atoms with E-state index < -0.39 is 11.7 Å². The van der Waals surface area contributed by atoms with Gasteiger partial charge in [0.2, 0.25) is 5.91 Å². The smallest absolute Gasteiger partial charge is 0.258 e. The largest absolute Gasteiger partial charge is 0.322 e. The summed E-state index contributed by atoms with van der Waals surface area (Å²) in [7, 11) is 0. The van der Waals surface area contributed by atoms with Crippen LogP contribution in [0, 0.1) is 5.82 Å². The van der Waals surface area contributed by atoms with E-state index in [4.69, 9.17) is 0 Å². The number of hydrogen-bond acceptors (Lipinski definition) is 4. The van der Waals surface area contributed by atoms with E-state index in [0.29, 0.717) is 12.1 Å². The van der Waals surface area contributed by atoms with Crippen molar-refractivity contribution in [2.45, 2.75) is 33.3 Å². The quantitative estimate of drug-likeness (QED) is 0.267. The Hall–Kier alpha value is -3.55. The highest BCUT2D eigenvalue weighted by Crippen LogP contribution is 2.48. The molecule has 5 rings (SSSR count). The molecule has 0 fully saturated rings. The maximum absolute atomic E-state index is 14.0. The average molecular weight is 515 g/mol. The fourth-order valence-electron chi connectivity index (χ4n) is 4.05. The number of fused-ring (bicyclic) bond motifs is 2. The average Bonchev–Trinajstić information content (AvgIpc) is 2.90. The second kappa shape index (κ2) is 10.6. The van der Waals surface area contributed by atoms with Gasteiger partial charge >= 0.3 is 0 Å². The van der Waals surface area contributed by atoms with Crippen LogP contribution in [0.15, 0.2) is 112 Å². The maximum Gasteiger partial charge on any atom is 0.258 e. The molecule has 0 aromatic heterocycles. The number of nitrogens with zero attached hydrogens (tertiary/aromatic N) is 1. The van der Waals surface area contributed by atoms with Crippen LogP contribution in [0.2, 0.25) is 0 Å². The van der Waals surface area contributed by atoms with Crippen molar-refractivity contribution in [3.05, 3.63) is 108 Å². The number of carbonyl (C=O) groups excluding carboxylic acids is 2. The van der Waals surface area contributed by atoms with E-state index in [-0.39, 0.29) is 16.7 Å². The number of amides is 2. The highest BCUT2D eigenvalue weighted by atomic mass is 32.2. The summed E-state index contributed by atoms with van der Waals surface area (Å²) in [4.78, 5) is 31.2. The van der Waals surface area contributed by atoms with Gasteiger partial charge in [-0.25, -0.2) is 4.39 Å². The Labute approximate surface area is 217 Å². The van der Waals surface area contributed by atoms with Gasteiger partial charge in [0.25, 0.3) is 5.91 Å². The van der Waals surface area contributed by atoms with Crippen LogP contribution in [0.5, 0.6) is 0 Å². The van der Waals surface area contributed by atoms with Crippen LogP contribution in [-0.2, 0) is 4.79 Å². The van der Waals surface area contributed by atoms with Crippen molar-refractivity contribution >= 4 is 52.4 Å². The number of nitrogens with one attached hydrogen (secondary N) is 1. The van der Waals surface area contributed by atoms with Crippen LogP contribution in [0.4, 0.5) is 21.5 Å². The molecule has 0 spiro atoms. The molecule has 4 aromatic carbocycles. The van der Waals surface area contributed by atoms with Crippen LogP contribution in [0.1, 0.15) is 23.7 Å². The van der Waals surface area contributed by atoms with Gasteiger partial charge in [0.05, 0.1) is 22.2 Å². The Balaban J connectivity index is 1.39. The lowest BCUT2D eigenvalue weighted by Gasteiger charge is -2.33. The zero-order valence-corrected chi connectivity index (χ0v) is 21.1. The number of hydrogen-bond donors (Lipinski definition) is 1. The predicted molar refractivity (Wildman–Crippen MR) is 145 cm³/mol. The first-order chi connectivity index (χ1) is 17.5. The number of halogens is 1. The Morgan fingerprint density at radius 2 is 1.53 bits per heavy atom. The lowest BCUT2D eigenvalue weighted by Crippen LogP contribution is -2.35. The van der Waals surface area contributed by atoms with Gasteiger partial charge in [-0.15, -0.1) is 11.8 Å². The van der Waals surface area contributed by atoms with Crippen LogP contribution >= 0.6 is 23.5 Å². The molecule has 4 nitrogen and oxygen atoms in total. The Kier molecular flexibility index (Phi) is 7.11. The Morgan fingerprint density at radius 1 is 0.889 bits per heavy atom. The monoisotopic (exact) mass is 514 g/mol. The summed E-state index contributed by atoms with van der Waals surface area (Å²) in [5.41, 5.74) is 2.30. The van der Waals surface area contributed by atoms with Crippen LogP contribution in [-0.4, -0.2) is 17.1 Å². The van der Waals surface area contributed by atoms with Crippen molar-refractivity contribution in [1.29, 1.82) is 0 Å². The van der Waals surface area contributed by atoms with E-state index in [9.17, 15) is 14.0 Å². The van der Waals surface area contributed by atoms with Crippen molar-refractivity contribution in [2.75, 3.05) is 10.2 Å². The number of anilines is 3. The minimum Gasteiger partial charge on any atom is -0.322 e. The normalized spacial score (nSPS) is 12.9. The lowest BCUT2D eigenvalue weighted by molar-refractivity contribution is -0.117. The van der Waals surface area contributed by atoms with Crippen molar-refractivity contribution in [1.82, 2.24) is 0 Å². The summed E-state index contributed by atoms with van der Waals surface area (Å²) in [5.74, 6) is -1.08. The fourth-order valence-corrected chi connectivity index (χ4v) is 6.16. The standard InChI is InChI=1S/C29H23FN2O2S2/c1-2-25(29(34)32-23-14-5-7-16-26(23)36-27-17-8-6-15-24(27)32)35-20-11-9-10-19(18-20)31-28(33)21-12-3-4-13-22(21)30/h3-18,25H,2H2,1H3,(H,31,33). The molecule has 4 aromatic rings. The van der Waals surface area contributed by atoms with E-state index in [0.717, 1.165) is 26.1 Å². The first-order valence-electron chi connectivity index (χ1n) is 11.6. The SMILES string of the molecule is CCC(Sc1cccc(NC(=O)c2ccccc2F)c1)C(=O)N1c2ccccc2Sc2ccccc21. The Bertz CT molecular complexity index is 1400. The van der Waals surface area contributed by atoms with E-state index in [1.807, 2.05) is 78.6 Å². The third kappa shape index (κ3) is 4.90. The number of benzene rings is 4. The van der Waals surface area contributed by atoms with Crippen molar-refractivity contribution in [3.8, 4) is 0 Å². The number of carbonyl (C=O) groups is 2. The summed E-state index contributed by atoms with van der Waals surface area (Å²) in [6.45, 7) is 2.00. The first kappa shape index (κ1) is 24.2. The van der Waals surface area contributed by atoms with Gasteiger partial charge in [0.1, 0.15) is 5.82 Å². The molecule has 0 saturated heterocycles. The third-order valence-corrected chi connectivity index (χ3v) is 8.26. The van der Waals surface area contributed by atoms with Gasteiger partial charge in [-0.3, -0.25) is 14.5 Å². The highest BCUT2D eigenvalue weighted by molar-refractivity contribution is 8.00. The third-order valence-electron chi connectivity index (χ3n) is 5.79. The van der Waals surface area contributed by atoms with Crippen molar-refractivity contribution in [3.63, 3.8) is 0 Å². The van der Waals surface area contributed by atoms with Gasteiger partial charge in [0.15, 0.2) is 0 Å². The molecule has 1 aliphatic rings. The van der Waals surface area contributed by atoms with E-state index >= 15 is 0 Å².